The highest BCUT2D eigenvalue weighted by molar-refractivity contribution is 6.07. The van der Waals surface area contributed by atoms with Crippen LogP contribution in [0.15, 0.2) is 97.1 Å². The number of hydrogen-bond acceptors (Lipinski definition) is 3. The third-order valence-corrected chi connectivity index (χ3v) is 5.79. The van der Waals surface area contributed by atoms with Crippen LogP contribution in [0.2, 0.25) is 0 Å². The molecule has 178 valence electrons. The Morgan fingerprint density at radius 2 is 1.31 bits per heavy atom. The van der Waals surface area contributed by atoms with Gasteiger partial charge in [0.2, 0.25) is 0 Å². The van der Waals surface area contributed by atoms with Gasteiger partial charge < -0.3 is 20.4 Å². The molecule has 36 heavy (non-hydrogen) atoms. The average molecular weight is 480 g/mol. The SMILES string of the molecule is COc1ccc(C(=O)Nc2ccc(-c3cc4cc(C(=O)Nc5ccc(F)cc5)ccc4[nH]3)cc2)cc1. The molecule has 0 unspecified atom stereocenters. The van der Waals surface area contributed by atoms with Crippen LogP contribution in [0.3, 0.4) is 0 Å². The van der Waals surface area contributed by atoms with E-state index in [0.29, 0.717) is 28.3 Å². The van der Waals surface area contributed by atoms with Crippen molar-refractivity contribution in [1.29, 1.82) is 0 Å². The van der Waals surface area contributed by atoms with Crippen molar-refractivity contribution in [3.05, 3.63) is 114 Å². The monoisotopic (exact) mass is 479 g/mol. The molecule has 0 aliphatic carbocycles. The second-order valence-corrected chi connectivity index (χ2v) is 8.21. The lowest BCUT2D eigenvalue weighted by molar-refractivity contribution is 0.101. The molecule has 0 aliphatic rings. The first-order chi connectivity index (χ1) is 17.5. The maximum absolute atomic E-state index is 13.1. The molecule has 0 aliphatic heterocycles. The Hall–Kier alpha value is -4.91. The number of carbonyl (C=O) groups excluding carboxylic acids is 2. The number of rotatable bonds is 6. The van der Waals surface area contributed by atoms with Crippen LogP contribution < -0.4 is 15.4 Å². The maximum atomic E-state index is 13.1. The molecule has 7 heteroatoms. The molecule has 0 spiro atoms. The first-order valence-corrected chi connectivity index (χ1v) is 11.2. The van der Waals surface area contributed by atoms with Crippen molar-refractivity contribution in [1.82, 2.24) is 4.98 Å². The number of methoxy groups -OCH3 is 1. The minimum Gasteiger partial charge on any atom is -0.497 e. The van der Waals surface area contributed by atoms with Crippen LogP contribution in [0.4, 0.5) is 15.8 Å². The molecule has 5 aromatic rings. The molecular formula is C29H22FN3O3. The van der Waals surface area contributed by atoms with Gasteiger partial charge in [-0.3, -0.25) is 9.59 Å². The summed E-state index contributed by atoms with van der Waals surface area (Å²) in [6.45, 7) is 0. The molecule has 0 radical (unpaired) electrons. The fourth-order valence-corrected chi connectivity index (χ4v) is 3.84. The van der Waals surface area contributed by atoms with Gasteiger partial charge in [-0.25, -0.2) is 4.39 Å². The minimum absolute atomic E-state index is 0.206. The highest BCUT2D eigenvalue weighted by Crippen LogP contribution is 2.27. The molecule has 4 aromatic carbocycles. The van der Waals surface area contributed by atoms with Crippen LogP contribution >= 0.6 is 0 Å². The van der Waals surface area contributed by atoms with E-state index in [9.17, 15) is 14.0 Å². The third-order valence-electron chi connectivity index (χ3n) is 5.79. The highest BCUT2D eigenvalue weighted by atomic mass is 19.1. The molecule has 6 nitrogen and oxygen atoms in total. The molecule has 0 saturated carbocycles. The van der Waals surface area contributed by atoms with E-state index in [4.69, 9.17) is 4.74 Å². The number of halogens is 1. The van der Waals surface area contributed by atoms with E-state index in [1.807, 2.05) is 36.4 Å². The summed E-state index contributed by atoms with van der Waals surface area (Å²) in [6.07, 6.45) is 0. The van der Waals surface area contributed by atoms with Gasteiger partial charge in [-0.1, -0.05) is 12.1 Å². The van der Waals surface area contributed by atoms with Crippen molar-refractivity contribution in [2.75, 3.05) is 17.7 Å². The average Bonchev–Trinajstić information content (AvgIpc) is 3.34. The highest BCUT2D eigenvalue weighted by Gasteiger charge is 2.11. The van der Waals surface area contributed by atoms with Crippen LogP contribution in [-0.2, 0) is 0 Å². The number of anilines is 2. The van der Waals surface area contributed by atoms with E-state index in [1.54, 1.807) is 43.5 Å². The third kappa shape index (κ3) is 4.95. The molecule has 0 atom stereocenters. The van der Waals surface area contributed by atoms with E-state index in [-0.39, 0.29) is 17.6 Å². The predicted molar refractivity (Wildman–Crippen MR) is 139 cm³/mol. The zero-order valence-electron chi connectivity index (χ0n) is 19.3. The van der Waals surface area contributed by atoms with Gasteiger partial charge >= 0.3 is 0 Å². The standard InChI is InChI=1S/C29H22FN3O3/c1-36-25-13-4-19(5-14-25)28(34)31-23-9-2-18(3-10-23)27-17-21-16-20(6-15-26(21)33-27)29(35)32-24-11-7-22(30)8-12-24/h2-17,33H,1H3,(H,31,34)(H,32,35). The van der Waals surface area contributed by atoms with E-state index >= 15 is 0 Å². The van der Waals surface area contributed by atoms with Crippen molar-refractivity contribution in [2.24, 2.45) is 0 Å². The number of hydrogen-bond donors (Lipinski definition) is 3. The zero-order chi connectivity index (χ0) is 25.1. The first-order valence-electron chi connectivity index (χ1n) is 11.2. The van der Waals surface area contributed by atoms with Gasteiger partial charge in [0.05, 0.1) is 7.11 Å². The summed E-state index contributed by atoms with van der Waals surface area (Å²) in [5.41, 5.74) is 4.94. The number of amides is 2. The van der Waals surface area contributed by atoms with Crippen molar-refractivity contribution in [2.45, 2.75) is 0 Å². The molecule has 0 fully saturated rings. The number of H-pyrrole nitrogens is 1. The quantitative estimate of drug-likeness (QED) is 0.260. The molecule has 3 N–H and O–H groups in total. The smallest absolute Gasteiger partial charge is 0.255 e. The Morgan fingerprint density at radius 3 is 1.94 bits per heavy atom. The van der Waals surface area contributed by atoms with Gasteiger partial charge in [0.25, 0.3) is 11.8 Å². The Morgan fingerprint density at radius 1 is 0.722 bits per heavy atom. The lowest BCUT2D eigenvalue weighted by Crippen LogP contribution is -2.11. The summed E-state index contributed by atoms with van der Waals surface area (Å²) < 4.78 is 18.2. The Bertz CT molecular complexity index is 1540. The second kappa shape index (κ2) is 9.76. The minimum atomic E-state index is -0.359. The topological polar surface area (TPSA) is 83.2 Å². The van der Waals surface area contributed by atoms with Gasteiger partial charge in [-0.05, 0) is 90.5 Å². The van der Waals surface area contributed by atoms with Crippen LogP contribution in [-0.4, -0.2) is 23.9 Å². The number of nitrogens with one attached hydrogen (secondary N) is 3. The number of carbonyl (C=O) groups is 2. The number of aromatic nitrogens is 1. The number of ether oxygens (including phenoxy) is 1. The first kappa shape index (κ1) is 22.9. The van der Waals surface area contributed by atoms with Gasteiger partial charge in [0, 0.05) is 39.1 Å². The van der Waals surface area contributed by atoms with Crippen LogP contribution in [0.5, 0.6) is 5.75 Å². The van der Waals surface area contributed by atoms with Crippen molar-refractivity contribution < 1.29 is 18.7 Å². The van der Waals surface area contributed by atoms with Crippen molar-refractivity contribution in [3.63, 3.8) is 0 Å². The summed E-state index contributed by atoms with van der Waals surface area (Å²) in [4.78, 5) is 28.5. The lowest BCUT2D eigenvalue weighted by atomic mass is 10.1. The zero-order valence-corrected chi connectivity index (χ0v) is 19.3. The number of fused-ring (bicyclic) bond motifs is 1. The summed E-state index contributed by atoms with van der Waals surface area (Å²) >= 11 is 0. The van der Waals surface area contributed by atoms with E-state index in [2.05, 4.69) is 15.6 Å². The summed E-state index contributed by atoms with van der Waals surface area (Å²) in [5, 5.41) is 6.54. The van der Waals surface area contributed by atoms with E-state index in [0.717, 1.165) is 22.2 Å². The van der Waals surface area contributed by atoms with E-state index in [1.165, 1.54) is 24.3 Å². The van der Waals surface area contributed by atoms with Crippen LogP contribution in [0, 0.1) is 5.82 Å². The molecule has 5 rings (SSSR count). The Kier molecular flexibility index (Phi) is 6.19. The number of benzene rings is 4. The lowest BCUT2D eigenvalue weighted by Gasteiger charge is -2.07. The molecule has 0 saturated heterocycles. The summed E-state index contributed by atoms with van der Waals surface area (Å²) in [7, 11) is 1.58. The Labute approximate surface area is 206 Å². The van der Waals surface area contributed by atoms with Crippen LogP contribution in [0.1, 0.15) is 20.7 Å². The normalized spacial score (nSPS) is 10.7. The predicted octanol–water partition coefficient (Wildman–Crippen LogP) is 6.49. The second-order valence-electron chi connectivity index (χ2n) is 8.21. The van der Waals surface area contributed by atoms with Crippen molar-refractivity contribution in [3.8, 4) is 17.0 Å². The summed E-state index contributed by atoms with van der Waals surface area (Å²) in [5.74, 6) is -0.150. The van der Waals surface area contributed by atoms with E-state index < -0.39 is 0 Å². The largest absolute Gasteiger partial charge is 0.497 e. The molecule has 1 aromatic heterocycles. The maximum Gasteiger partial charge on any atom is 0.255 e. The van der Waals surface area contributed by atoms with Gasteiger partial charge in [0.1, 0.15) is 11.6 Å². The molecular weight excluding hydrogens is 457 g/mol. The molecule has 1 heterocycles. The molecule has 2 amide bonds. The number of aromatic amines is 1. The van der Waals surface area contributed by atoms with Gasteiger partial charge in [0.15, 0.2) is 0 Å². The molecule has 0 bridgehead atoms. The van der Waals surface area contributed by atoms with Gasteiger partial charge in [-0.15, -0.1) is 0 Å². The fraction of sp³-hybridized carbons (Fsp3) is 0.0345. The Balaban J connectivity index is 1.29. The van der Waals surface area contributed by atoms with Crippen molar-refractivity contribution >= 4 is 34.1 Å². The van der Waals surface area contributed by atoms with Crippen LogP contribution in [0.25, 0.3) is 22.2 Å². The fourth-order valence-electron chi connectivity index (χ4n) is 3.84. The van der Waals surface area contributed by atoms with Gasteiger partial charge in [-0.2, -0.15) is 0 Å². The summed E-state index contributed by atoms with van der Waals surface area (Å²) in [6, 6.07) is 27.4.